The van der Waals surface area contributed by atoms with Crippen LogP contribution in [0.25, 0.3) is 0 Å². The summed E-state index contributed by atoms with van der Waals surface area (Å²) in [6, 6.07) is 19.9. The van der Waals surface area contributed by atoms with Crippen LogP contribution in [0.5, 0.6) is 0 Å². The number of hydrogen-bond acceptors (Lipinski definition) is 3. The normalized spacial score (nSPS) is 11.2. The Hall–Kier alpha value is -3.12. The quantitative estimate of drug-likeness (QED) is 0.564. The fourth-order valence-corrected chi connectivity index (χ4v) is 4.33. The van der Waals surface area contributed by atoms with E-state index in [1.165, 1.54) is 17.7 Å². The number of rotatable bonds is 7. The standard InChI is InChI=1S/C24H26N2O3S/c1-17-7-9-20(10-8-17)11-16-23(27)25-21-12-14-22(15-13-21)30(28,29)26-24-18(2)5-4-6-19(24)3/h4-10,12-15,26H,11,16H2,1-3H3,(H,25,27). The van der Waals surface area contributed by atoms with Gasteiger partial charge >= 0.3 is 0 Å². The largest absolute Gasteiger partial charge is 0.326 e. The van der Waals surface area contributed by atoms with E-state index in [1.807, 2.05) is 63.2 Å². The number of aryl methyl sites for hydroxylation is 4. The molecule has 0 saturated heterocycles. The van der Waals surface area contributed by atoms with Gasteiger partial charge in [-0.15, -0.1) is 0 Å². The van der Waals surface area contributed by atoms with Crippen molar-refractivity contribution in [2.24, 2.45) is 0 Å². The van der Waals surface area contributed by atoms with Crippen molar-refractivity contribution in [3.05, 3.63) is 89.0 Å². The number of anilines is 2. The highest BCUT2D eigenvalue weighted by Gasteiger charge is 2.16. The van der Waals surface area contributed by atoms with Gasteiger partial charge in [0.15, 0.2) is 0 Å². The van der Waals surface area contributed by atoms with Gasteiger partial charge in [0.2, 0.25) is 5.91 Å². The molecule has 2 N–H and O–H groups in total. The van der Waals surface area contributed by atoms with Crippen LogP contribution in [0.1, 0.15) is 28.7 Å². The summed E-state index contributed by atoms with van der Waals surface area (Å²) in [5, 5.41) is 2.82. The van der Waals surface area contributed by atoms with Crippen molar-refractivity contribution in [1.82, 2.24) is 0 Å². The van der Waals surface area contributed by atoms with Crippen LogP contribution in [-0.2, 0) is 21.2 Å². The molecule has 156 valence electrons. The molecule has 3 aromatic rings. The predicted octanol–water partition coefficient (Wildman–Crippen LogP) is 4.98. The maximum absolute atomic E-state index is 12.7. The van der Waals surface area contributed by atoms with Gasteiger partial charge in [0.25, 0.3) is 10.0 Å². The average Bonchev–Trinajstić information content (AvgIpc) is 2.71. The van der Waals surface area contributed by atoms with Crippen molar-refractivity contribution in [3.8, 4) is 0 Å². The molecule has 6 heteroatoms. The predicted molar refractivity (Wildman–Crippen MR) is 121 cm³/mol. The summed E-state index contributed by atoms with van der Waals surface area (Å²) in [5.41, 5.74) is 5.16. The number of carbonyl (C=O) groups excluding carboxylic acids is 1. The summed E-state index contributed by atoms with van der Waals surface area (Å²) < 4.78 is 28.1. The summed E-state index contributed by atoms with van der Waals surface area (Å²) >= 11 is 0. The van der Waals surface area contributed by atoms with Crippen LogP contribution < -0.4 is 10.0 Å². The first-order chi connectivity index (χ1) is 14.2. The fourth-order valence-electron chi connectivity index (χ4n) is 3.12. The molecule has 30 heavy (non-hydrogen) atoms. The topological polar surface area (TPSA) is 75.3 Å². The Bertz CT molecular complexity index is 1120. The summed E-state index contributed by atoms with van der Waals surface area (Å²) in [4.78, 5) is 12.4. The molecular formula is C24H26N2O3S. The van der Waals surface area contributed by atoms with Crippen molar-refractivity contribution in [2.75, 3.05) is 10.0 Å². The van der Waals surface area contributed by atoms with Crippen molar-refractivity contribution in [2.45, 2.75) is 38.5 Å². The zero-order chi connectivity index (χ0) is 21.7. The Balaban J connectivity index is 1.62. The molecule has 0 aliphatic carbocycles. The van der Waals surface area contributed by atoms with E-state index in [0.29, 0.717) is 24.2 Å². The minimum atomic E-state index is -3.72. The Labute approximate surface area is 178 Å². The van der Waals surface area contributed by atoms with Crippen LogP contribution in [0.3, 0.4) is 0 Å². The molecule has 1 amide bonds. The lowest BCUT2D eigenvalue weighted by molar-refractivity contribution is -0.116. The van der Waals surface area contributed by atoms with Crippen LogP contribution in [0.4, 0.5) is 11.4 Å². The van der Waals surface area contributed by atoms with Gasteiger partial charge in [0.05, 0.1) is 10.6 Å². The minimum Gasteiger partial charge on any atom is -0.326 e. The Kier molecular flexibility index (Phi) is 6.57. The highest BCUT2D eigenvalue weighted by atomic mass is 32.2. The van der Waals surface area contributed by atoms with E-state index >= 15 is 0 Å². The monoisotopic (exact) mass is 422 g/mol. The molecular weight excluding hydrogens is 396 g/mol. The highest BCUT2D eigenvalue weighted by molar-refractivity contribution is 7.92. The van der Waals surface area contributed by atoms with E-state index in [-0.39, 0.29) is 10.8 Å². The third-order valence-electron chi connectivity index (χ3n) is 4.93. The van der Waals surface area contributed by atoms with Gasteiger partial charge in [-0.1, -0.05) is 48.0 Å². The summed E-state index contributed by atoms with van der Waals surface area (Å²) in [7, 11) is -3.72. The van der Waals surface area contributed by atoms with E-state index in [1.54, 1.807) is 12.1 Å². The van der Waals surface area contributed by atoms with Crippen LogP contribution in [-0.4, -0.2) is 14.3 Å². The lowest BCUT2D eigenvalue weighted by Crippen LogP contribution is -2.15. The van der Waals surface area contributed by atoms with E-state index in [4.69, 9.17) is 0 Å². The molecule has 0 fully saturated rings. The molecule has 3 aromatic carbocycles. The molecule has 0 aromatic heterocycles. The maximum atomic E-state index is 12.7. The lowest BCUT2D eigenvalue weighted by Gasteiger charge is -2.13. The Morgan fingerprint density at radius 2 is 1.43 bits per heavy atom. The smallest absolute Gasteiger partial charge is 0.261 e. The highest BCUT2D eigenvalue weighted by Crippen LogP contribution is 2.24. The van der Waals surface area contributed by atoms with Crippen molar-refractivity contribution in [1.29, 1.82) is 0 Å². The molecule has 0 heterocycles. The fraction of sp³-hybridized carbons (Fsp3) is 0.208. The molecule has 0 atom stereocenters. The second-order valence-electron chi connectivity index (χ2n) is 7.43. The van der Waals surface area contributed by atoms with Crippen LogP contribution >= 0.6 is 0 Å². The lowest BCUT2D eigenvalue weighted by atomic mass is 10.1. The summed E-state index contributed by atoms with van der Waals surface area (Å²) in [5.74, 6) is -0.111. The second-order valence-corrected chi connectivity index (χ2v) is 9.11. The van der Waals surface area contributed by atoms with E-state index in [2.05, 4.69) is 10.0 Å². The number of hydrogen-bond donors (Lipinski definition) is 2. The molecule has 0 spiro atoms. The molecule has 0 saturated carbocycles. The SMILES string of the molecule is Cc1ccc(CCC(=O)Nc2ccc(S(=O)(=O)Nc3c(C)cccc3C)cc2)cc1. The Morgan fingerprint density at radius 1 is 0.833 bits per heavy atom. The van der Waals surface area contributed by atoms with Crippen LogP contribution in [0.2, 0.25) is 0 Å². The third kappa shape index (κ3) is 5.48. The van der Waals surface area contributed by atoms with Crippen molar-refractivity contribution >= 4 is 27.3 Å². The minimum absolute atomic E-state index is 0.111. The van der Waals surface area contributed by atoms with Gasteiger partial charge in [0, 0.05) is 12.1 Å². The first kappa shape index (κ1) is 21.6. The van der Waals surface area contributed by atoms with Crippen LogP contribution in [0.15, 0.2) is 71.6 Å². The van der Waals surface area contributed by atoms with E-state index in [9.17, 15) is 13.2 Å². The molecule has 0 aliphatic heterocycles. The number of benzene rings is 3. The van der Waals surface area contributed by atoms with Crippen LogP contribution in [0, 0.1) is 20.8 Å². The van der Waals surface area contributed by atoms with Gasteiger partial charge in [-0.25, -0.2) is 8.42 Å². The Morgan fingerprint density at radius 3 is 2.03 bits per heavy atom. The molecule has 0 bridgehead atoms. The number of nitrogens with one attached hydrogen (secondary N) is 2. The van der Waals surface area contributed by atoms with Gasteiger partial charge < -0.3 is 5.32 Å². The van der Waals surface area contributed by atoms with Gasteiger partial charge in [-0.3, -0.25) is 9.52 Å². The molecule has 5 nitrogen and oxygen atoms in total. The summed E-state index contributed by atoms with van der Waals surface area (Å²) in [6.45, 7) is 5.75. The second kappa shape index (κ2) is 9.13. The molecule has 0 aliphatic rings. The zero-order valence-electron chi connectivity index (χ0n) is 17.4. The first-order valence-electron chi connectivity index (χ1n) is 9.79. The summed E-state index contributed by atoms with van der Waals surface area (Å²) in [6.07, 6.45) is 1.01. The molecule has 0 radical (unpaired) electrons. The maximum Gasteiger partial charge on any atom is 0.261 e. The average molecular weight is 423 g/mol. The van der Waals surface area contributed by atoms with Crippen molar-refractivity contribution < 1.29 is 13.2 Å². The number of para-hydroxylation sites is 1. The van der Waals surface area contributed by atoms with Crippen molar-refractivity contribution in [3.63, 3.8) is 0 Å². The van der Waals surface area contributed by atoms with Gasteiger partial charge in [-0.05, 0) is 68.1 Å². The number of amides is 1. The zero-order valence-corrected chi connectivity index (χ0v) is 18.2. The van der Waals surface area contributed by atoms with Gasteiger partial charge in [0.1, 0.15) is 0 Å². The number of carbonyl (C=O) groups is 1. The van der Waals surface area contributed by atoms with Gasteiger partial charge in [-0.2, -0.15) is 0 Å². The van der Waals surface area contributed by atoms with E-state index < -0.39 is 10.0 Å². The third-order valence-corrected chi connectivity index (χ3v) is 6.29. The number of sulfonamides is 1. The molecule has 3 rings (SSSR count). The first-order valence-corrected chi connectivity index (χ1v) is 11.3. The molecule has 0 unspecified atom stereocenters. The van der Waals surface area contributed by atoms with E-state index in [0.717, 1.165) is 16.7 Å².